The highest BCUT2D eigenvalue weighted by molar-refractivity contribution is 5.01. The molecule has 3 aliphatic rings. The first-order valence-electron chi connectivity index (χ1n) is 8.22. The van der Waals surface area contributed by atoms with E-state index in [2.05, 4.69) is 0 Å². The van der Waals surface area contributed by atoms with Crippen LogP contribution < -0.4 is 5.73 Å². The van der Waals surface area contributed by atoms with Crippen molar-refractivity contribution >= 4 is 0 Å². The van der Waals surface area contributed by atoms with Crippen LogP contribution >= 0.6 is 0 Å². The third-order valence-corrected chi connectivity index (χ3v) is 5.82. The van der Waals surface area contributed by atoms with Gasteiger partial charge < -0.3 is 19.9 Å². The maximum absolute atomic E-state index is 6.70. The highest BCUT2D eigenvalue weighted by Crippen LogP contribution is 2.42. The lowest BCUT2D eigenvalue weighted by atomic mass is 9.70. The Balaban J connectivity index is 1.70. The molecule has 1 saturated carbocycles. The van der Waals surface area contributed by atoms with Crippen LogP contribution in [-0.4, -0.2) is 44.2 Å². The number of nitrogens with two attached hydrogens (primary N) is 1. The first kappa shape index (κ1) is 14.8. The Bertz CT molecular complexity index is 322. The van der Waals surface area contributed by atoms with E-state index in [4.69, 9.17) is 19.9 Å². The van der Waals surface area contributed by atoms with Gasteiger partial charge in [0.25, 0.3) is 0 Å². The molecule has 0 amide bonds. The molecule has 3 rings (SSSR count). The average molecular weight is 283 g/mol. The van der Waals surface area contributed by atoms with Gasteiger partial charge in [-0.25, -0.2) is 0 Å². The van der Waals surface area contributed by atoms with Gasteiger partial charge in [-0.2, -0.15) is 0 Å². The van der Waals surface area contributed by atoms with Crippen LogP contribution in [0.5, 0.6) is 0 Å². The lowest BCUT2D eigenvalue weighted by Crippen LogP contribution is -2.57. The van der Waals surface area contributed by atoms with Gasteiger partial charge in [-0.15, -0.1) is 0 Å². The first-order valence-corrected chi connectivity index (χ1v) is 8.22. The third-order valence-electron chi connectivity index (χ3n) is 5.82. The molecule has 3 unspecified atom stereocenters. The van der Waals surface area contributed by atoms with Crippen molar-refractivity contribution < 1.29 is 14.2 Å². The predicted molar refractivity (Wildman–Crippen MR) is 77.6 cm³/mol. The Kier molecular flexibility index (Phi) is 4.37. The maximum Gasteiger partial charge on any atom is 0.0939 e. The number of hydrogen-bond donors (Lipinski definition) is 1. The van der Waals surface area contributed by atoms with Crippen LogP contribution in [0.2, 0.25) is 0 Å². The summed E-state index contributed by atoms with van der Waals surface area (Å²) in [4.78, 5) is 0. The minimum absolute atomic E-state index is 0.0515. The summed E-state index contributed by atoms with van der Waals surface area (Å²) in [5, 5.41) is 0. The standard InChI is InChI=1S/C16H29NO3/c1-18-16(6-3-2-4-7-16)14(17)13-5-9-20-15(11-13)8-10-19-12-15/h13-14H,2-12,17H2,1H3. The van der Waals surface area contributed by atoms with Crippen molar-refractivity contribution in [3.63, 3.8) is 0 Å². The Morgan fingerprint density at radius 3 is 2.60 bits per heavy atom. The lowest BCUT2D eigenvalue weighted by molar-refractivity contribution is -0.128. The molecule has 4 nitrogen and oxygen atoms in total. The molecule has 0 radical (unpaired) electrons. The van der Waals surface area contributed by atoms with Crippen molar-refractivity contribution in [2.75, 3.05) is 26.9 Å². The molecular weight excluding hydrogens is 254 g/mol. The largest absolute Gasteiger partial charge is 0.378 e. The van der Waals surface area contributed by atoms with Crippen molar-refractivity contribution in [2.45, 2.75) is 68.6 Å². The van der Waals surface area contributed by atoms with Crippen molar-refractivity contribution in [2.24, 2.45) is 11.7 Å². The van der Waals surface area contributed by atoms with E-state index in [0.717, 1.165) is 51.9 Å². The average Bonchev–Trinajstić information content (AvgIpc) is 2.95. The summed E-state index contributed by atoms with van der Waals surface area (Å²) in [7, 11) is 1.85. The van der Waals surface area contributed by atoms with E-state index in [1.54, 1.807) is 0 Å². The van der Waals surface area contributed by atoms with Crippen LogP contribution in [0.15, 0.2) is 0 Å². The van der Waals surface area contributed by atoms with Gasteiger partial charge >= 0.3 is 0 Å². The molecule has 0 aromatic rings. The van der Waals surface area contributed by atoms with E-state index in [1.165, 1.54) is 19.3 Å². The van der Waals surface area contributed by atoms with E-state index in [0.29, 0.717) is 5.92 Å². The van der Waals surface area contributed by atoms with Crippen molar-refractivity contribution in [1.82, 2.24) is 0 Å². The Labute approximate surface area is 122 Å². The van der Waals surface area contributed by atoms with Gasteiger partial charge in [0.15, 0.2) is 0 Å². The molecule has 1 spiro atoms. The van der Waals surface area contributed by atoms with Crippen LogP contribution in [-0.2, 0) is 14.2 Å². The van der Waals surface area contributed by atoms with Gasteiger partial charge in [0.2, 0.25) is 0 Å². The van der Waals surface area contributed by atoms with E-state index in [-0.39, 0.29) is 17.2 Å². The molecule has 0 aromatic heterocycles. The van der Waals surface area contributed by atoms with Gasteiger partial charge in [-0.05, 0) is 31.6 Å². The van der Waals surface area contributed by atoms with Gasteiger partial charge in [0.05, 0.1) is 17.8 Å². The third kappa shape index (κ3) is 2.63. The lowest BCUT2D eigenvalue weighted by Gasteiger charge is -2.47. The SMILES string of the molecule is COC1(C(N)C2CCOC3(CCOC3)C2)CCCCC1. The van der Waals surface area contributed by atoms with E-state index >= 15 is 0 Å². The molecule has 20 heavy (non-hydrogen) atoms. The van der Waals surface area contributed by atoms with E-state index in [1.807, 2.05) is 7.11 Å². The summed E-state index contributed by atoms with van der Waals surface area (Å²) in [5.74, 6) is 0.503. The topological polar surface area (TPSA) is 53.7 Å². The highest BCUT2D eigenvalue weighted by atomic mass is 16.6. The van der Waals surface area contributed by atoms with E-state index < -0.39 is 0 Å². The van der Waals surface area contributed by atoms with Gasteiger partial charge in [-0.1, -0.05) is 19.3 Å². The quantitative estimate of drug-likeness (QED) is 0.863. The maximum atomic E-state index is 6.70. The van der Waals surface area contributed by atoms with Crippen molar-refractivity contribution in [3.05, 3.63) is 0 Å². The van der Waals surface area contributed by atoms with Crippen LogP contribution in [0.25, 0.3) is 0 Å². The molecule has 116 valence electrons. The molecule has 2 N–H and O–H groups in total. The van der Waals surface area contributed by atoms with Crippen LogP contribution in [0.1, 0.15) is 51.4 Å². The fraction of sp³-hybridized carbons (Fsp3) is 1.00. The number of ether oxygens (including phenoxy) is 3. The van der Waals surface area contributed by atoms with E-state index in [9.17, 15) is 0 Å². The summed E-state index contributed by atoms with van der Waals surface area (Å²) in [6, 6.07) is 0.133. The van der Waals surface area contributed by atoms with Crippen molar-refractivity contribution in [1.29, 1.82) is 0 Å². The molecule has 0 aromatic carbocycles. The monoisotopic (exact) mass is 283 g/mol. The zero-order valence-electron chi connectivity index (χ0n) is 12.7. The molecule has 1 aliphatic carbocycles. The highest BCUT2D eigenvalue weighted by Gasteiger charge is 2.48. The van der Waals surface area contributed by atoms with Crippen LogP contribution in [0.4, 0.5) is 0 Å². The molecule has 2 heterocycles. The minimum atomic E-state index is -0.0963. The van der Waals surface area contributed by atoms with Crippen molar-refractivity contribution in [3.8, 4) is 0 Å². The number of hydrogen-bond acceptors (Lipinski definition) is 4. The van der Waals surface area contributed by atoms with Crippen LogP contribution in [0.3, 0.4) is 0 Å². The second kappa shape index (κ2) is 5.91. The molecular formula is C16H29NO3. The molecule has 3 fully saturated rings. The summed E-state index contributed by atoms with van der Waals surface area (Å²) >= 11 is 0. The summed E-state index contributed by atoms with van der Waals surface area (Å²) in [6.07, 6.45) is 9.18. The summed E-state index contributed by atoms with van der Waals surface area (Å²) in [5.41, 5.74) is 6.55. The number of methoxy groups -OCH3 is 1. The van der Waals surface area contributed by atoms with Gasteiger partial charge in [0, 0.05) is 32.8 Å². The Hall–Kier alpha value is -0.160. The fourth-order valence-electron chi connectivity index (χ4n) is 4.49. The molecule has 3 atom stereocenters. The predicted octanol–water partition coefficient (Wildman–Crippen LogP) is 2.25. The normalized spacial score (nSPS) is 39.0. The zero-order chi connectivity index (χ0) is 14.1. The Morgan fingerprint density at radius 2 is 1.95 bits per heavy atom. The fourth-order valence-corrected chi connectivity index (χ4v) is 4.49. The first-order chi connectivity index (χ1) is 9.70. The van der Waals surface area contributed by atoms with Gasteiger partial charge in [-0.3, -0.25) is 0 Å². The van der Waals surface area contributed by atoms with Gasteiger partial charge in [0.1, 0.15) is 0 Å². The molecule has 2 saturated heterocycles. The molecule has 4 heteroatoms. The Morgan fingerprint density at radius 1 is 1.15 bits per heavy atom. The molecule has 0 bridgehead atoms. The second-order valence-corrected chi connectivity index (χ2v) is 6.94. The zero-order valence-corrected chi connectivity index (χ0v) is 12.7. The summed E-state index contributed by atoms with van der Waals surface area (Å²) < 4.78 is 17.6. The smallest absolute Gasteiger partial charge is 0.0939 e. The number of rotatable bonds is 3. The summed E-state index contributed by atoms with van der Waals surface area (Å²) in [6.45, 7) is 2.40. The van der Waals surface area contributed by atoms with Crippen LogP contribution in [0, 0.1) is 5.92 Å². The second-order valence-electron chi connectivity index (χ2n) is 6.94. The minimum Gasteiger partial charge on any atom is -0.378 e. The molecule has 2 aliphatic heterocycles.